The molecule has 0 atom stereocenters. The maximum atomic E-state index is 12.6. The second kappa shape index (κ2) is 8.77. The number of carbonyl (C=O) groups excluding carboxylic acids is 2. The van der Waals surface area contributed by atoms with Crippen molar-refractivity contribution in [3.8, 4) is 5.69 Å². The summed E-state index contributed by atoms with van der Waals surface area (Å²) in [5.41, 5.74) is 4.05. The van der Waals surface area contributed by atoms with Gasteiger partial charge in [-0.3, -0.25) is 4.79 Å². The molecular weight excluding hydrogens is 368 g/mol. The predicted octanol–water partition coefficient (Wildman–Crippen LogP) is 3.35. The van der Waals surface area contributed by atoms with Crippen molar-refractivity contribution in [3.63, 3.8) is 0 Å². The highest BCUT2D eigenvalue weighted by atomic mass is 16.5. The molecule has 2 N–H and O–H groups in total. The van der Waals surface area contributed by atoms with E-state index in [0.717, 1.165) is 11.3 Å². The van der Waals surface area contributed by atoms with E-state index in [4.69, 9.17) is 4.74 Å². The van der Waals surface area contributed by atoms with E-state index in [-0.39, 0.29) is 12.0 Å². The molecular formula is C22H26N4O3. The molecule has 7 heteroatoms. The van der Waals surface area contributed by atoms with Crippen LogP contribution in [0.15, 0.2) is 42.7 Å². The van der Waals surface area contributed by atoms with Crippen molar-refractivity contribution in [2.45, 2.75) is 40.2 Å². The molecule has 29 heavy (non-hydrogen) atoms. The summed E-state index contributed by atoms with van der Waals surface area (Å²) in [7, 11) is 0. The summed E-state index contributed by atoms with van der Waals surface area (Å²) in [5, 5.41) is 7.26. The van der Waals surface area contributed by atoms with Gasteiger partial charge >= 0.3 is 5.97 Å². The van der Waals surface area contributed by atoms with Crippen LogP contribution < -0.4 is 5.32 Å². The van der Waals surface area contributed by atoms with Crippen molar-refractivity contribution in [2.75, 3.05) is 6.54 Å². The fraction of sp³-hybridized carbons (Fsp3) is 0.318. The summed E-state index contributed by atoms with van der Waals surface area (Å²) in [6, 6.07) is 9.85. The number of benzene rings is 1. The van der Waals surface area contributed by atoms with E-state index < -0.39 is 5.97 Å². The Morgan fingerprint density at radius 1 is 1.21 bits per heavy atom. The van der Waals surface area contributed by atoms with E-state index in [0.29, 0.717) is 35.5 Å². The molecule has 0 fully saturated rings. The second-order valence-corrected chi connectivity index (χ2v) is 7.21. The van der Waals surface area contributed by atoms with Gasteiger partial charge in [0.05, 0.1) is 23.6 Å². The number of hydrogen-bond acceptors (Lipinski definition) is 4. The first-order valence-corrected chi connectivity index (χ1v) is 9.64. The Kier molecular flexibility index (Phi) is 6.16. The van der Waals surface area contributed by atoms with Gasteiger partial charge in [0, 0.05) is 18.4 Å². The number of nitrogens with zero attached hydrogens (tertiary/aromatic N) is 2. The number of H-pyrrole nitrogens is 1. The number of para-hydroxylation sites is 1. The number of aryl methyl sites for hydroxylation is 1. The highest BCUT2D eigenvalue weighted by Crippen LogP contribution is 2.19. The number of aromatic nitrogens is 3. The minimum atomic E-state index is -0.418. The summed E-state index contributed by atoms with van der Waals surface area (Å²) in [4.78, 5) is 27.9. The number of amides is 1. The first-order chi connectivity index (χ1) is 13.9. The number of hydrogen-bond donors (Lipinski definition) is 2. The van der Waals surface area contributed by atoms with Crippen LogP contribution in [0.3, 0.4) is 0 Å². The van der Waals surface area contributed by atoms with Crippen molar-refractivity contribution < 1.29 is 14.3 Å². The average molecular weight is 394 g/mol. The summed E-state index contributed by atoms with van der Waals surface area (Å²) >= 11 is 0. The first kappa shape index (κ1) is 20.4. The van der Waals surface area contributed by atoms with E-state index in [1.807, 2.05) is 41.2 Å². The van der Waals surface area contributed by atoms with Gasteiger partial charge in [-0.05, 0) is 57.4 Å². The summed E-state index contributed by atoms with van der Waals surface area (Å²) < 4.78 is 7.08. The minimum Gasteiger partial charge on any atom is -0.459 e. The van der Waals surface area contributed by atoms with Gasteiger partial charge in [-0.1, -0.05) is 18.2 Å². The Labute approximate surface area is 170 Å². The Hall–Kier alpha value is -3.35. The molecule has 0 aliphatic heterocycles. The lowest BCUT2D eigenvalue weighted by atomic mass is 10.1. The Morgan fingerprint density at radius 3 is 2.62 bits per heavy atom. The fourth-order valence-electron chi connectivity index (χ4n) is 3.18. The maximum absolute atomic E-state index is 12.6. The highest BCUT2D eigenvalue weighted by molar-refractivity contribution is 6.00. The third-order valence-corrected chi connectivity index (χ3v) is 4.57. The molecule has 0 bridgehead atoms. The zero-order chi connectivity index (χ0) is 21.0. The van der Waals surface area contributed by atoms with Gasteiger partial charge in [0.1, 0.15) is 5.69 Å². The maximum Gasteiger partial charge on any atom is 0.340 e. The smallest absolute Gasteiger partial charge is 0.340 e. The molecule has 0 saturated heterocycles. The second-order valence-electron chi connectivity index (χ2n) is 7.21. The van der Waals surface area contributed by atoms with Crippen LogP contribution in [-0.2, 0) is 11.2 Å². The monoisotopic (exact) mass is 394 g/mol. The SMILES string of the molecule is Cc1[nH]c(C(=O)NCCc2cnn(-c3ccccc3)c2)c(C)c1C(=O)OC(C)C. The summed E-state index contributed by atoms with van der Waals surface area (Å²) in [6.45, 7) is 7.56. The third-order valence-electron chi connectivity index (χ3n) is 4.57. The molecule has 0 spiro atoms. The lowest BCUT2D eigenvalue weighted by Gasteiger charge is -2.08. The van der Waals surface area contributed by atoms with Gasteiger partial charge in [0.15, 0.2) is 0 Å². The summed E-state index contributed by atoms with van der Waals surface area (Å²) in [6.07, 6.45) is 4.18. The van der Waals surface area contributed by atoms with Crippen molar-refractivity contribution in [3.05, 3.63) is 70.8 Å². The standard InChI is InChI=1S/C22H26N4O3/c1-14(2)29-22(28)19-15(3)20(25-16(19)4)21(27)23-11-10-17-12-24-26(13-17)18-8-6-5-7-9-18/h5-9,12-14,25H,10-11H2,1-4H3,(H,23,27). The molecule has 7 nitrogen and oxygen atoms in total. The normalized spacial score (nSPS) is 10.9. The van der Waals surface area contributed by atoms with E-state index in [9.17, 15) is 9.59 Å². The van der Waals surface area contributed by atoms with Crippen LogP contribution in [-0.4, -0.2) is 39.3 Å². The molecule has 2 aromatic heterocycles. The van der Waals surface area contributed by atoms with Crippen LogP contribution in [0.25, 0.3) is 5.69 Å². The van der Waals surface area contributed by atoms with Crippen LogP contribution in [0, 0.1) is 13.8 Å². The van der Waals surface area contributed by atoms with Crippen LogP contribution >= 0.6 is 0 Å². The van der Waals surface area contributed by atoms with E-state index >= 15 is 0 Å². The molecule has 2 heterocycles. The average Bonchev–Trinajstić information content (AvgIpc) is 3.26. The molecule has 0 saturated carbocycles. The zero-order valence-electron chi connectivity index (χ0n) is 17.2. The topological polar surface area (TPSA) is 89.0 Å². The summed E-state index contributed by atoms with van der Waals surface area (Å²) in [5.74, 6) is -0.664. The number of nitrogens with one attached hydrogen (secondary N) is 2. The van der Waals surface area contributed by atoms with Gasteiger partial charge in [-0.15, -0.1) is 0 Å². The third kappa shape index (κ3) is 4.74. The van der Waals surface area contributed by atoms with Gasteiger partial charge < -0.3 is 15.0 Å². The number of rotatable bonds is 7. The lowest BCUT2D eigenvalue weighted by Crippen LogP contribution is -2.26. The van der Waals surface area contributed by atoms with Crippen LogP contribution in [0.2, 0.25) is 0 Å². The number of ether oxygens (including phenoxy) is 1. The van der Waals surface area contributed by atoms with Crippen molar-refractivity contribution in [2.24, 2.45) is 0 Å². The Balaban J connectivity index is 1.60. The molecule has 0 radical (unpaired) electrons. The molecule has 0 aliphatic rings. The molecule has 0 aliphatic carbocycles. The van der Waals surface area contributed by atoms with Gasteiger partial charge in [-0.2, -0.15) is 5.10 Å². The number of carbonyl (C=O) groups is 2. The Morgan fingerprint density at radius 2 is 1.93 bits per heavy atom. The Bertz CT molecular complexity index is 1000. The largest absolute Gasteiger partial charge is 0.459 e. The molecule has 3 aromatic rings. The zero-order valence-corrected chi connectivity index (χ0v) is 17.2. The number of aromatic amines is 1. The molecule has 1 aromatic carbocycles. The van der Waals surface area contributed by atoms with Crippen LogP contribution in [0.5, 0.6) is 0 Å². The van der Waals surface area contributed by atoms with Crippen molar-refractivity contribution >= 4 is 11.9 Å². The minimum absolute atomic E-state index is 0.217. The van der Waals surface area contributed by atoms with Gasteiger partial charge in [0.25, 0.3) is 5.91 Å². The highest BCUT2D eigenvalue weighted by Gasteiger charge is 2.23. The van der Waals surface area contributed by atoms with Gasteiger partial charge in [-0.25, -0.2) is 9.48 Å². The molecule has 0 unspecified atom stereocenters. The predicted molar refractivity (Wildman–Crippen MR) is 110 cm³/mol. The van der Waals surface area contributed by atoms with Crippen molar-refractivity contribution in [1.29, 1.82) is 0 Å². The molecule has 3 rings (SSSR count). The fourth-order valence-corrected chi connectivity index (χ4v) is 3.18. The molecule has 1 amide bonds. The van der Waals surface area contributed by atoms with E-state index in [2.05, 4.69) is 15.4 Å². The first-order valence-electron chi connectivity index (χ1n) is 9.64. The van der Waals surface area contributed by atoms with Crippen LogP contribution in [0.4, 0.5) is 0 Å². The molecule has 152 valence electrons. The lowest BCUT2D eigenvalue weighted by molar-refractivity contribution is 0.0376. The van der Waals surface area contributed by atoms with Crippen LogP contribution in [0.1, 0.15) is 51.5 Å². The van der Waals surface area contributed by atoms with E-state index in [1.54, 1.807) is 33.9 Å². The quantitative estimate of drug-likeness (QED) is 0.602. The van der Waals surface area contributed by atoms with E-state index in [1.165, 1.54) is 0 Å². The number of esters is 1. The van der Waals surface area contributed by atoms with Crippen molar-refractivity contribution in [1.82, 2.24) is 20.1 Å². The van der Waals surface area contributed by atoms with Gasteiger partial charge in [0.2, 0.25) is 0 Å².